The van der Waals surface area contributed by atoms with Crippen LogP contribution in [0.15, 0.2) is 28.7 Å². The second-order valence-corrected chi connectivity index (χ2v) is 5.82. The summed E-state index contributed by atoms with van der Waals surface area (Å²) in [4.78, 5) is 23.4. The predicted octanol–water partition coefficient (Wildman–Crippen LogP) is 1.70. The molecule has 20 heavy (non-hydrogen) atoms. The molecule has 0 radical (unpaired) electrons. The number of halogens is 1. The number of carboxylic acids is 1. The van der Waals surface area contributed by atoms with Crippen molar-refractivity contribution in [3.63, 3.8) is 0 Å². The van der Waals surface area contributed by atoms with E-state index in [1.807, 2.05) is 24.3 Å². The van der Waals surface area contributed by atoms with Crippen LogP contribution in [0.2, 0.25) is 0 Å². The number of hydrogen-bond acceptors (Lipinski definition) is 3. The smallest absolute Gasteiger partial charge is 0.328 e. The molecule has 1 unspecified atom stereocenters. The Morgan fingerprint density at radius 2 is 2.00 bits per heavy atom. The van der Waals surface area contributed by atoms with Gasteiger partial charge in [0.15, 0.2) is 6.04 Å². The molecule has 2 rings (SSSR count). The zero-order valence-corrected chi connectivity index (χ0v) is 12.6. The van der Waals surface area contributed by atoms with Crippen LogP contribution in [0.25, 0.3) is 0 Å². The van der Waals surface area contributed by atoms with E-state index >= 15 is 0 Å². The van der Waals surface area contributed by atoms with Crippen molar-refractivity contribution in [2.45, 2.75) is 24.3 Å². The number of rotatable bonds is 6. The zero-order valence-electron chi connectivity index (χ0n) is 11.1. The fraction of sp³-hybridized carbons (Fsp3) is 0.429. The molecule has 1 atom stereocenters. The SMILES string of the molecule is COCC(NC(=O)C1(c2ccc(Br)cc2)CC1)C(=O)O. The number of benzene rings is 1. The number of carboxylic acid groups (broad SMARTS) is 1. The largest absolute Gasteiger partial charge is 0.480 e. The molecular weight excluding hydrogens is 326 g/mol. The van der Waals surface area contributed by atoms with Crippen molar-refractivity contribution in [2.75, 3.05) is 13.7 Å². The lowest BCUT2D eigenvalue weighted by Crippen LogP contribution is -2.47. The van der Waals surface area contributed by atoms with E-state index in [2.05, 4.69) is 21.2 Å². The fourth-order valence-corrected chi connectivity index (χ4v) is 2.44. The third-order valence-corrected chi connectivity index (χ3v) is 4.05. The molecule has 1 amide bonds. The Balaban J connectivity index is 2.12. The monoisotopic (exact) mass is 341 g/mol. The van der Waals surface area contributed by atoms with Crippen LogP contribution in [0.5, 0.6) is 0 Å². The first-order valence-electron chi connectivity index (χ1n) is 6.28. The summed E-state index contributed by atoms with van der Waals surface area (Å²) in [6.45, 7) is -0.0442. The summed E-state index contributed by atoms with van der Waals surface area (Å²) in [6.07, 6.45) is 1.47. The van der Waals surface area contributed by atoms with Crippen LogP contribution in [0.1, 0.15) is 18.4 Å². The average Bonchev–Trinajstić information content (AvgIpc) is 3.20. The van der Waals surface area contributed by atoms with Crippen molar-refractivity contribution >= 4 is 27.8 Å². The van der Waals surface area contributed by atoms with Gasteiger partial charge in [-0.25, -0.2) is 4.79 Å². The normalized spacial score (nSPS) is 17.3. The third-order valence-electron chi connectivity index (χ3n) is 3.52. The number of methoxy groups -OCH3 is 1. The molecule has 1 aromatic rings. The fourth-order valence-electron chi connectivity index (χ4n) is 2.18. The van der Waals surface area contributed by atoms with Gasteiger partial charge in [-0.05, 0) is 30.5 Å². The summed E-state index contributed by atoms with van der Waals surface area (Å²) >= 11 is 3.35. The number of carbonyl (C=O) groups is 2. The number of hydrogen-bond donors (Lipinski definition) is 2. The molecule has 5 nitrogen and oxygen atoms in total. The van der Waals surface area contributed by atoms with E-state index in [4.69, 9.17) is 9.84 Å². The van der Waals surface area contributed by atoms with E-state index in [0.29, 0.717) is 0 Å². The van der Waals surface area contributed by atoms with E-state index in [-0.39, 0.29) is 12.5 Å². The van der Waals surface area contributed by atoms with E-state index in [9.17, 15) is 9.59 Å². The molecular formula is C14H16BrNO4. The van der Waals surface area contributed by atoms with Gasteiger partial charge in [-0.3, -0.25) is 4.79 Å². The second-order valence-electron chi connectivity index (χ2n) is 4.91. The molecule has 1 aromatic carbocycles. The third kappa shape index (κ3) is 3.02. The van der Waals surface area contributed by atoms with Crippen LogP contribution >= 0.6 is 15.9 Å². The van der Waals surface area contributed by atoms with E-state index in [0.717, 1.165) is 22.9 Å². The highest BCUT2D eigenvalue weighted by atomic mass is 79.9. The molecule has 0 saturated heterocycles. The van der Waals surface area contributed by atoms with Gasteiger partial charge in [-0.2, -0.15) is 0 Å². The average molecular weight is 342 g/mol. The van der Waals surface area contributed by atoms with Gasteiger partial charge in [0.05, 0.1) is 12.0 Å². The minimum Gasteiger partial charge on any atom is -0.480 e. The molecule has 2 N–H and O–H groups in total. The van der Waals surface area contributed by atoms with Gasteiger partial charge in [-0.1, -0.05) is 28.1 Å². The van der Waals surface area contributed by atoms with Gasteiger partial charge in [0.1, 0.15) is 0 Å². The number of ether oxygens (including phenoxy) is 1. The molecule has 0 aromatic heterocycles. The molecule has 1 aliphatic rings. The Morgan fingerprint density at radius 1 is 1.40 bits per heavy atom. The Bertz CT molecular complexity index is 510. The Morgan fingerprint density at radius 3 is 2.45 bits per heavy atom. The molecule has 0 aliphatic heterocycles. The minimum absolute atomic E-state index is 0.0442. The molecule has 1 fully saturated rings. The molecule has 6 heteroatoms. The van der Waals surface area contributed by atoms with Crippen molar-refractivity contribution in [2.24, 2.45) is 0 Å². The van der Waals surface area contributed by atoms with Gasteiger partial charge in [0, 0.05) is 11.6 Å². The van der Waals surface area contributed by atoms with Crippen LogP contribution in [0.4, 0.5) is 0 Å². The van der Waals surface area contributed by atoms with Crippen molar-refractivity contribution in [3.05, 3.63) is 34.3 Å². The molecule has 0 heterocycles. The van der Waals surface area contributed by atoms with Gasteiger partial charge in [0.2, 0.25) is 5.91 Å². The van der Waals surface area contributed by atoms with Crippen LogP contribution < -0.4 is 5.32 Å². The second kappa shape index (κ2) is 5.93. The standard InChI is InChI=1S/C14H16BrNO4/c1-20-8-11(12(17)18)16-13(19)14(6-7-14)9-2-4-10(15)5-3-9/h2-5,11H,6-8H2,1H3,(H,16,19)(H,17,18). The number of nitrogens with one attached hydrogen (secondary N) is 1. The lowest BCUT2D eigenvalue weighted by molar-refractivity contribution is -0.143. The lowest BCUT2D eigenvalue weighted by Gasteiger charge is -2.19. The number of amides is 1. The molecule has 108 valence electrons. The predicted molar refractivity (Wildman–Crippen MR) is 76.5 cm³/mol. The number of aliphatic carboxylic acids is 1. The highest BCUT2D eigenvalue weighted by Gasteiger charge is 2.51. The molecule has 0 spiro atoms. The van der Waals surface area contributed by atoms with Crippen LogP contribution in [-0.2, 0) is 19.7 Å². The summed E-state index contributed by atoms with van der Waals surface area (Å²) < 4.78 is 5.76. The summed E-state index contributed by atoms with van der Waals surface area (Å²) in [7, 11) is 1.41. The summed E-state index contributed by atoms with van der Waals surface area (Å²) in [5.74, 6) is -1.34. The van der Waals surface area contributed by atoms with Gasteiger partial charge < -0.3 is 15.2 Å². The van der Waals surface area contributed by atoms with E-state index < -0.39 is 17.4 Å². The first kappa shape index (κ1) is 15.0. The van der Waals surface area contributed by atoms with Crippen molar-refractivity contribution < 1.29 is 19.4 Å². The van der Waals surface area contributed by atoms with Crippen LogP contribution in [0, 0.1) is 0 Å². The molecule has 1 aliphatic carbocycles. The summed E-state index contributed by atoms with van der Waals surface area (Å²) in [6, 6.07) is 6.53. The van der Waals surface area contributed by atoms with Gasteiger partial charge in [0.25, 0.3) is 0 Å². The van der Waals surface area contributed by atoms with Crippen molar-refractivity contribution in [3.8, 4) is 0 Å². The maximum absolute atomic E-state index is 12.4. The maximum Gasteiger partial charge on any atom is 0.328 e. The quantitative estimate of drug-likeness (QED) is 0.825. The highest BCUT2D eigenvalue weighted by Crippen LogP contribution is 2.48. The first-order chi connectivity index (χ1) is 9.49. The Kier molecular flexibility index (Phi) is 4.45. The topological polar surface area (TPSA) is 75.6 Å². The van der Waals surface area contributed by atoms with E-state index in [1.54, 1.807) is 0 Å². The minimum atomic E-state index is -1.09. The first-order valence-corrected chi connectivity index (χ1v) is 7.07. The van der Waals surface area contributed by atoms with Crippen LogP contribution in [-0.4, -0.2) is 36.7 Å². The summed E-state index contributed by atoms with van der Waals surface area (Å²) in [5.41, 5.74) is 0.335. The van der Waals surface area contributed by atoms with Gasteiger partial charge >= 0.3 is 5.97 Å². The Hall–Kier alpha value is -1.40. The van der Waals surface area contributed by atoms with Crippen molar-refractivity contribution in [1.82, 2.24) is 5.32 Å². The number of carbonyl (C=O) groups excluding carboxylic acids is 1. The maximum atomic E-state index is 12.4. The zero-order chi connectivity index (χ0) is 14.8. The molecule has 1 saturated carbocycles. The van der Waals surface area contributed by atoms with Gasteiger partial charge in [-0.15, -0.1) is 0 Å². The Labute approximate surface area is 125 Å². The molecule has 0 bridgehead atoms. The van der Waals surface area contributed by atoms with E-state index in [1.165, 1.54) is 7.11 Å². The lowest BCUT2D eigenvalue weighted by atomic mass is 9.95. The summed E-state index contributed by atoms with van der Waals surface area (Å²) in [5, 5.41) is 11.6. The van der Waals surface area contributed by atoms with Crippen LogP contribution in [0.3, 0.4) is 0 Å². The van der Waals surface area contributed by atoms with Crippen molar-refractivity contribution in [1.29, 1.82) is 0 Å². The highest BCUT2D eigenvalue weighted by molar-refractivity contribution is 9.10.